The van der Waals surface area contributed by atoms with Gasteiger partial charge in [0.05, 0.1) is 18.7 Å². The monoisotopic (exact) mass is 536 g/mol. The number of urea groups is 1. The fourth-order valence-corrected chi connectivity index (χ4v) is 5.15. The summed E-state index contributed by atoms with van der Waals surface area (Å²) in [6, 6.07) is 21.5. The Labute approximate surface area is 223 Å². The lowest BCUT2D eigenvalue weighted by atomic mass is 9.83. The zero-order chi connectivity index (χ0) is 27.8. The number of hydrogen-bond acceptors (Lipinski definition) is 3. The number of alkyl halides is 3. The van der Waals surface area contributed by atoms with Gasteiger partial charge in [-0.3, -0.25) is 9.59 Å². The third-order valence-corrected chi connectivity index (χ3v) is 7.28. The largest absolute Gasteiger partial charge is 0.416 e. The molecule has 2 fully saturated rings. The minimum absolute atomic E-state index is 0.0134. The number of anilines is 1. The number of piperazine rings is 1. The summed E-state index contributed by atoms with van der Waals surface area (Å²) in [4.78, 5) is 43.9. The highest BCUT2D eigenvalue weighted by Crippen LogP contribution is 2.37. The van der Waals surface area contributed by atoms with Crippen molar-refractivity contribution in [2.75, 3.05) is 31.6 Å². The molecule has 0 saturated carbocycles. The van der Waals surface area contributed by atoms with Gasteiger partial charge in [0.15, 0.2) is 5.54 Å². The maximum atomic E-state index is 13.9. The molecule has 2 heterocycles. The SMILES string of the molecule is CNC(=O)N1CC2(C1)C(=O)N(c1ccc(Cc3ccccc3)cc1)CC(=O)N2Cc1ccc(C(F)(F)F)cc1. The van der Waals surface area contributed by atoms with Gasteiger partial charge in [-0.05, 0) is 47.4 Å². The predicted octanol–water partition coefficient (Wildman–Crippen LogP) is 4.07. The second-order valence-corrected chi connectivity index (χ2v) is 9.84. The summed E-state index contributed by atoms with van der Waals surface area (Å²) in [5.41, 5.74) is 1.12. The van der Waals surface area contributed by atoms with Gasteiger partial charge in [0, 0.05) is 19.3 Å². The molecule has 0 atom stereocenters. The Morgan fingerprint density at radius 1 is 0.872 bits per heavy atom. The number of nitrogens with zero attached hydrogens (tertiary/aromatic N) is 3. The Kier molecular flexibility index (Phi) is 6.80. The number of nitrogens with one attached hydrogen (secondary N) is 1. The van der Waals surface area contributed by atoms with Crippen LogP contribution in [0.3, 0.4) is 0 Å². The third kappa shape index (κ3) is 5.06. The first-order valence-electron chi connectivity index (χ1n) is 12.5. The first-order chi connectivity index (χ1) is 18.6. The summed E-state index contributed by atoms with van der Waals surface area (Å²) < 4.78 is 39.0. The molecule has 4 amide bonds. The smallest absolute Gasteiger partial charge is 0.341 e. The Morgan fingerprint density at radius 2 is 1.46 bits per heavy atom. The van der Waals surface area contributed by atoms with Crippen molar-refractivity contribution in [3.8, 4) is 0 Å². The van der Waals surface area contributed by atoms with E-state index < -0.39 is 17.3 Å². The molecule has 0 bridgehead atoms. The molecule has 3 aromatic carbocycles. The van der Waals surface area contributed by atoms with Gasteiger partial charge >= 0.3 is 12.2 Å². The van der Waals surface area contributed by atoms with Gasteiger partial charge in [-0.15, -0.1) is 0 Å². The Balaban J connectivity index is 1.39. The molecule has 202 valence electrons. The zero-order valence-corrected chi connectivity index (χ0v) is 21.2. The lowest BCUT2D eigenvalue weighted by Gasteiger charge is -2.57. The molecule has 0 aliphatic carbocycles. The number of carbonyl (C=O) groups excluding carboxylic acids is 3. The van der Waals surface area contributed by atoms with E-state index in [0.29, 0.717) is 11.3 Å². The van der Waals surface area contributed by atoms with E-state index in [2.05, 4.69) is 5.32 Å². The first kappa shape index (κ1) is 26.3. The van der Waals surface area contributed by atoms with Crippen LogP contribution in [0.15, 0.2) is 78.9 Å². The highest BCUT2D eigenvalue weighted by Gasteiger charge is 2.60. The molecular formula is C29H27F3N4O3. The maximum absolute atomic E-state index is 13.9. The molecule has 7 nitrogen and oxygen atoms in total. The fourth-order valence-electron chi connectivity index (χ4n) is 5.15. The molecule has 5 rings (SSSR count). The van der Waals surface area contributed by atoms with Crippen LogP contribution in [0.2, 0.25) is 0 Å². The summed E-state index contributed by atoms with van der Waals surface area (Å²) in [6.07, 6.45) is -3.75. The van der Waals surface area contributed by atoms with E-state index in [1.165, 1.54) is 33.9 Å². The van der Waals surface area contributed by atoms with Crippen molar-refractivity contribution in [1.82, 2.24) is 15.1 Å². The number of carbonyl (C=O) groups is 3. The molecule has 0 radical (unpaired) electrons. The van der Waals surface area contributed by atoms with Gasteiger partial charge in [-0.25, -0.2) is 4.79 Å². The van der Waals surface area contributed by atoms with Crippen molar-refractivity contribution in [3.63, 3.8) is 0 Å². The molecule has 1 N–H and O–H groups in total. The zero-order valence-electron chi connectivity index (χ0n) is 21.2. The summed E-state index contributed by atoms with van der Waals surface area (Å²) in [6.45, 7) is -0.283. The quantitative estimate of drug-likeness (QED) is 0.535. The summed E-state index contributed by atoms with van der Waals surface area (Å²) in [5, 5.41) is 2.52. The molecule has 1 spiro atoms. The van der Waals surface area contributed by atoms with Gasteiger partial charge in [-0.1, -0.05) is 54.6 Å². The van der Waals surface area contributed by atoms with E-state index in [-0.39, 0.29) is 44.0 Å². The van der Waals surface area contributed by atoms with Crippen LogP contribution in [0.1, 0.15) is 22.3 Å². The van der Waals surface area contributed by atoms with E-state index in [0.717, 1.165) is 29.7 Å². The Hall–Kier alpha value is -4.34. The minimum Gasteiger partial charge on any atom is -0.341 e. The number of halogens is 3. The van der Waals surface area contributed by atoms with E-state index in [1.54, 1.807) is 12.1 Å². The normalized spacial score (nSPS) is 16.9. The first-order valence-corrected chi connectivity index (χ1v) is 12.5. The lowest BCUT2D eigenvalue weighted by molar-refractivity contribution is -0.161. The van der Waals surface area contributed by atoms with Crippen LogP contribution >= 0.6 is 0 Å². The van der Waals surface area contributed by atoms with Crippen molar-refractivity contribution >= 4 is 23.5 Å². The fraction of sp³-hybridized carbons (Fsp3) is 0.276. The number of benzene rings is 3. The molecular weight excluding hydrogens is 509 g/mol. The van der Waals surface area contributed by atoms with Crippen molar-refractivity contribution in [2.24, 2.45) is 0 Å². The Morgan fingerprint density at radius 3 is 2.05 bits per heavy atom. The maximum Gasteiger partial charge on any atom is 0.416 e. The van der Waals surface area contributed by atoms with Crippen LogP contribution in [0.4, 0.5) is 23.7 Å². The number of amides is 4. The van der Waals surface area contributed by atoms with Crippen LogP contribution in [-0.2, 0) is 28.7 Å². The molecule has 0 unspecified atom stereocenters. The molecule has 10 heteroatoms. The second kappa shape index (κ2) is 10.1. The Bertz CT molecular complexity index is 1370. The molecule has 39 heavy (non-hydrogen) atoms. The summed E-state index contributed by atoms with van der Waals surface area (Å²) in [7, 11) is 1.48. The molecule has 3 aromatic rings. The number of hydrogen-bond donors (Lipinski definition) is 1. The minimum atomic E-state index is -4.48. The van der Waals surface area contributed by atoms with Crippen LogP contribution < -0.4 is 10.2 Å². The summed E-state index contributed by atoms with van der Waals surface area (Å²) >= 11 is 0. The number of likely N-dealkylation sites (tertiary alicyclic amines) is 1. The van der Waals surface area contributed by atoms with E-state index >= 15 is 0 Å². The van der Waals surface area contributed by atoms with Crippen molar-refractivity contribution in [3.05, 3.63) is 101 Å². The average molecular weight is 537 g/mol. The van der Waals surface area contributed by atoms with E-state index in [9.17, 15) is 27.6 Å². The molecule has 2 aliphatic rings. The number of rotatable bonds is 5. The lowest BCUT2D eigenvalue weighted by Crippen LogP contribution is -2.81. The molecule has 2 aliphatic heterocycles. The van der Waals surface area contributed by atoms with Gasteiger partial charge in [0.2, 0.25) is 5.91 Å². The van der Waals surface area contributed by atoms with Crippen LogP contribution in [0.25, 0.3) is 0 Å². The van der Waals surface area contributed by atoms with E-state index in [1.807, 2.05) is 42.5 Å². The molecule has 2 saturated heterocycles. The van der Waals surface area contributed by atoms with Crippen LogP contribution in [-0.4, -0.2) is 59.9 Å². The highest BCUT2D eigenvalue weighted by atomic mass is 19.4. The van der Waals surface area contributed by atoms with E-state index in [4.69, 9.17) is 0 Å². The van der Waals surface area contributed by atoms with Gasteiger partial charge in [-0.2, -0.15) is 13.2 Å². The third-order valence-electron chi connectivity index (χ3n) is 7.28. The highest BCUT2D eigenvalue weighted by molar-refractivity contribution is 6.10. The standard InChI is InChI=1S/C29H27F3N4O3/c1-33-27(39)34-18-28(19-34)26(38)35(24-13-9-21(10-14-24)15-20-5-3-2-4-6-20)17-25(37)36(28)16-22-7-11-23(12-8-22)29(30,31)32/h2-14H,15-19H2,1H3,(H,33,39). The van der Waals surface area contributed by atoms with Crippen LogP contribution in [0, 0.1) is 0 Å². The average Bonchev–Trinajstić information content (AvgIpc) is 2.90. The van der Waals surface area contributed by atoms with Crippen LogP contribution in [0.5, 0.6) is 0 Å². The predicted molar refractivity (Wildman–Crippen MR) is 139 cm³/mol. The van der Waals surface area contributed by atoms with Gasteiger partial charge in [0.1, 0.15) is 6.54 Å². The topological polar surface area (TPSA) is 73.0 Å². The second-order valence-electron chi connectivity index (χ2n) is 9.84. The van der Waals surface area contributed by atoms with Crippen molar-refractivity contribution in [1.29, 1.82) is 0 Å². The van der Waals surface area contributed by atoms with Gasteiger partial charge < -0.3 is 20.0 Å². The van der Waals surface area contributed by atoms with Crippen molar-refractivity contribution < 1.29 is 27.6 Å². The molecule has 0 aromatic heterocycles. The van der Waals surface area contributed by atoms with Crippen molar-refractivity contribution in [2.45, 2.75) is 24.7 Å². The summed E-state index contributed by atoms with van der Waals surface area (Å²) in [5.74, 6) is -0.676. The van der Waals surface area contributed by atoms with Gasteiger partial charge in [0.25, 0.3) is 5.91 Å².